The topological polar surface area (TPSA) is 119 Å². The summed E-state index contributed by atoms with van der Waals surface area (Å²) in [4.78, 5) is 38.1. The molecular weight excluding hydrogens is 416 g/mol. The fourth-order valence-electron chi connectivity index (χ4n) is 9.17. The molecule has 2 heterocycles. The number of aliphatic hydroxyl groups is 2. The van der Waals surface area contributed by atoms with Crippen LogP contribution in [0.1, 0.15) is 60.3 Å². The van der Waals surface area contributed by atoms with Crippen LogP contribution < -0.4 is 0 Å². The maximum Gasteiger partial charge on any atom is 0.303 e. The summed E-state index contributed by atoms with van der Waals surface area (Å²) in [6, 6.07) is 0. The van der Waals surface area contributed by atoms with Crippen molar-refractivity contribution in [2.24, 2.45) is 34.0 Å². The first kappa shape index (κ1) is 22.3. The van der Waals surface area contributed by atoms with Crippen LogP contribution in [0.5, 0.6) is 0 Å². The van der Waals surface area contributed by atoms with Crippen LogP contribution in [0, 0.1) is 34.0 Å². The van der Waals surface area contributed by atoms with Crippen LogP contribution in [-0.2, 0) is 28.6 Å². The molecule has 178 valence electrons. The van der Waals surface area contributed by atoms with Crippen molar-refractivity contribution in [1.29, 1.82) is 0 Å². The number of ether oxygens (including phenoxy) is 3. The van der Waals surface area contributed by atoms with Gasteiger partial charge in [0.15, 0.2) is 0 Å². The molecule has 8 heteroatoms. The van der Waals surface area contributed by atoms with E-state index in [2.05, 4.69) is 0 Å². The Balaban J connectivity index is 1.70. The normalized spacial score (nSPS) is 52.3. The van der Waals surface area contributed by atoms with E-state index in [-0.39, 0.29) is 43.2 Å². The van der Waals surface area contributed by atoms with Gasteiger partial charge in [-0.15, -0.1) is 0 Å². The standard InChI is InChI=1S/C24H34O8/c1-11(26)30-17-7-16(29)21(3,4)18-14(28)9-23-8-13-6-15(19(23)22(17,18)5)32-24(13,10-25)20(23)31-12(2)27/h13,15-20,25,29H,6-10H2,1-5H3/t13-,15?,16+,17+,18?,19?,20?,22-,23+,24?/m1/s1. The molecule has 10 atom stereocenters. The zero-order valence-corrected chi connectivity index (χ0v) is 19.4. The Kier molecular flexibility index (Phi) is 4.56. The van der Waals surface area contributed by atoms with Gasteiger partial charge in [-0.25, -0.2) is 0 Å². The van der Waals surface area contributed by atoms with Crippen LogP contribution in [-0.4, -0.2) is 64.6 Å². The van der Waals surface area contributed by atoms with Crippen molar-refractivity contribution in [1.82, 2.24) is 0 Å². The number of rotatable bonds is 3. The smallest absolute Gasteiger partial charge is 0.303 e. The summed E-state index contributed by atoms with van der Waals surface area (Å²) in [5.41, 5.74) is -3.19. The number of aliphatic hydroxyl groups excluding tert-OH is 2. The van der Waals surface area contributed by atoms with Crippen molar-refractivity contribution < 1.29 is 38.8 Å². The van der Waals surface area contributed by atoms with Crippen molar-refractivity contribution in [2.45, 2.75) is 90.3 Å². The quantitative estimate of drug-likeness (QED) is 0.619. The summed E-state index contributed by atoms with van der Waals surface area (Å²) in [6.07, 6.45) is -0.671. The average molecular weight is 451 g/mol. The molecule has 2 saturated heterocycles. The van der Waals surface area contributed by atoms with Crippen LogP contribution in [0.3, 0.4) is 0 Å². The fourth-order valence-corrected chi connectivity index (χ4v) is 9.17. The lowest BCUT2D eigenvalue weighted by molar-refractivity contribution is -0.297. The molecule has 6 aliphatic rings. The van der Waals surface area contributed by atoms with E-state index < -0.39 is 58.0 Å². The molecule has 6 fully saturated rings. The van der Waals surface area contributed by atoms with E-state index >= 15 is 0 Å². The lowest BCUT2D eigenvalue weighted by atomic mass is 9.38. The maximum atomic E-state index is 13.9. The minimum absolute atomic E-state index is 0.000386. The van der Waals surface area contributed by atoms with Crippen molar-refractivity contribution in [2.75, 3.05) is 6.61 Å². The first-order valence-corrected chi connectivity index (χ1v) is 11.7. The monoisotopic (exact) mass is 450 g/mol. The molecule has 6 rings (SSSR count). The van der Waals surface area contributed by atoms with Crippen LogP contribution in [0.25, 0.3) is 0 Å². The van der Waals surface area contributed by atoms with Gasteiger partial charge in [-0.1, -0.05) is 20.8 Å². The van der Waals surface area contributed by atoms with Gasteiger partial charge in [0.1, 0.15) is 23.6 Å². The Morgan fingerprint density at radius 2 is 1.78 bits per heavy atom. The Morgan fingerprint density at radius 3 is 2.38 bits per heavy atom. The molecule has 0 amide bonds. The van der Waals surface area contributed by atoms with E-state index in [1.54, 1.807) is 0 Å². The molecule has 8 nitrogen and oxygen atoms in total. The van der Waals surface area contributed by atoms with E-state index in [0.29, 0.717) is 12.8 Å². The summed E-state index contributed by atoms with van der Waals surface area (Å²) in [6.45, 7) is 8.22. The van der Waals surface area contributed by atoms with Gasteiger partial charge in [0, 0.05) is 54.8 Å². The van der Waals surface area contributed by atoms with E-state index in [4.69, 9.17) is 14.2 Å². The third-order valence-corrected chi connectivity index (χ3v) is 9.85. The number of carbonyl (C=O) groups excluding carboxylic acids is 3. The molecule has 0 aromatic rings. The van der Waals surface area contributed by atoms with E-state index in [9.17, 15) is 24.6 Å². The van der Waals surface area contributed by atoms with Gasteiger partial charge in [0.25, 0.3) is 0 Å². The maximum absolute atomic E-state index is 13.9. The van der Waals surface area contributed by atoms with Gasteiger partial charge in [-0.2, -0.15) is 0 Å². The second-order valence-electron chi connectivity index (χ2n) is 11.7. The summed E-state index contributed by atoms with van der Waals surface area (Å²) in [5, 5.41) is 21.3. The average Bonchev–Trinajstić information content (AvgIpc) is 3.04. The minimum atomic E-state index is -0.989. The van der Waals surface area contributed by atoms with Crippen molar-refractivity contribution in [3.05, 3.63) is 0 Å². The first-order chi connectivity index (χ1) is 14.8. The van der Waals surface area contributed by atoms with Crippen LogP contribution >= 0.6 is 0 Å². The molecule has 32 heavy (non-hydrogen) atoms. The molecule has 2 N–H and O–H groups in total. The number of hydrogen-bond acceptors (Lipinski definition) is 8. The second kappa shape index (κ2) is 6.54. The van der Waals surface area contributed by atoms with Crippen LogP contribution in [0.2, 0.25) is 0 Å². The van der Waals surface area contributed by atoms with Gasteiger partial charge >= 0.3 is 11.9 Å². The molecule has 0 radical (unpaired) electrons. The van der Waals surface area contributed by atoms with Gasteiger partial charge in [0.2, 0.25) is 0 Å². The number of ketones is 1. The summed E-state index contributed by atoms with van der Waals surface area (Å²) >= 11 is 0. The Morgan fingerprint density at radius 1 is 1.12 bits per heavy atom. The highest BCUT2D eigenvalue weighted by Crippen LogP contribution is 2.76. The molecule has 4 saturated carbocycles. The highest BCUT2D eigenvalue weighted by atomic mass is 16.6. The zero-order chi connectivity index (χ0) is 23.4. The molecular formula is C24H34O8. The number of Topliss-reactive ketones (excluding diaryl/α,β-unsaturated/α-hetero) is 1. The van der Waals surface area contributed by atoms with E-state index in [1.807, 2.05) is 20.8 Å². The second-order valence-corrected chi connectivity index (χ2v) is 11.7. The summed E-state index contributed by atoms with van der Waals surface area (Å²) < 4.78 is 18.2. The van der Waals surface area contributed by atoms with Crippen LogP contribution in [0.4, 0.5) is 0 Å². The van der Waals surface area contributed by atoms with Crippen molar-refractivity contribution >= 4 is 17.7 Å². The molecule has 4 aliphatic carbocycles. The number of esters is 2. The molecule has 1 spiro atoms. The highest BCUT2D eigenvalue weighted by molar-refractivity contribution is 5.86. The van der Waals surface area contributed by atoms with Gasteiger partial charge in [0.05, 0.1) is 18.8 Å². The largest absolute Gasteiger partial charge is 0.462 e. The molecule has 0 aromatic heterocycles. The number of hydrogen-bond donors (Lipinski definition) is 2. The lowest BCUT2D eigenvalue weighted by Gasteiger charge is -2.68. The Hall–Kier alpha value is -1.51. The predicted molar refractivity (Wildman–Crippen MR) is 110 cm³/mol. The molecule has 0 aromatic carbocycles. The third kappa shape index (κ3) is 2.41. The van der Waals surface area contributed by atoms with Gasteiger partial charge < -0.3 is 24.4 Å². The van der Waals surface area contributed by atoms with Crippen molar-refractivity contribution in [3.63, 3.8) is 0 Å². The number of carbonyl (C=O) groups is 3. The molecule has 4 bridgehead atoms. The van der Waals surface area contributed by atoms with Gasteiger partial charge in [-0.05, 0) is 18.8 Å². The van der Waals surface area contributed by atoms with Gasteiger partial charge in [-0.3, -0.25) is 14.4 Å². The summed E-state index contributed by atoms with van der Waals surface area (Å²) in [7, 11) is 0. The zero-order valence-electron chi connectivity index (χ0n) is 19.4. The Bertz CT molecular complexity index is 883. The highest BCUT2D eigenvalue weighted by Gasteiger charge is 2.83. The lowest BCUT2D eigenvalue weighted by Crippen LogP contribution is -2.74. The summed E-state index contributed by atoms with van der Waals surface area (Å²) in [5.74, 6) is -1.67. The Labute approximate surface area is 188 Å². The van der Waals surface area contributed by atoms with Crippen molar-refractivity contribution in [3.8, 4) is 0 Å². The fraction of sp³-hybridized carbons (Fsp3) is 0.875. The first-order valence-electron chi connectivity index (χ1n) is 11.7. The third-order valence-electron chi connectivity index (χ3n) is 9.85. The van der Waals surface area contributed by atoms with Crippen LogP contribution in [0.15, 0.2) is 0 Å². The van der Waals surface area contributed by atoms with E-state index in [1.165, 1.54) is 13.8 Å². The van der Waals surface area contributed by atoms with E-state index in [0.717, 1.165) is 0 Å². The predicted octanol–water partition coefficient (Wildman–Crippen LogP) is 1.39. The number of fused-ring (bicyclic) bond motifs is 1. The SMILES string of the molecule is CC(=O)OC1C2(CO)OC3C[C@@H]2C[C@@]12CC(=O)C1C(C)(C)[C@@H](O)C[C@H](OC(C)=O)[C@@]1(C)C32. The molecule has 2 aliphatic heterocycles. The minimum Gasteiger partial charge on any atom is -0.462 e. The molecule has 5 unspecified atom stereocenters.